The average molecular weight is 516 g/mol. The number of aryl methyl sites for hydroxylation is 1. The van der Waals surface area contributed by atoms with E-state index in [-0.39, 0.29) is 5.75 Å². The number of hydrogen-bond acceptors (Lipinski definition) is 6. The van der Waals surface area contributed by atoms with Crippen LogP contribution in [0.15, 0.2) is 77.0 Å². The third-order valence-electron chi connectivity index (χ3n) is 5.62. The Kier molecular flexibility index (Phi) is 7.99. The second kappa shape index (κ2) is 11.5. The fraction of sp³-hybridized carbons (Fsp3) is 0.185. The van der Waals surface area contributed by atoms with Crippen LogP contribution in [0.1, 0.15) is 36.6 Å². The van der Waals surface area contributed by atoms with Gasteiger partial charge in [-0.15, -0.1) is 0 Å². The van der Waals surface area contributed by atoms with E-state index < -0.39 is 0 Å². The molecule has 37 heavy (non-hydrogen) atoms. The summed E-state index contributed by atoms with van der Waals surface area (Å²) < 4.78 is 1.77. The molecular formula is C27H29N7O2S. The first kappa shape index (κ1) is 25.6. The predicted octanol–water partition coefficient (Wildman–Crippen LogP) is 5.14. The quantitative estimate of drug-likeness (QED) is 0.0887. The van der Waals surface area contributed by atoms with Gasteiger partial charge in [0.05, 0.1) is 11.7 Å². The molecule has 10 heteroatoms. The lowest BCUT2D eigenvalue weighted by Gasteiger charge is -2.14. The van der Waals surface area contributed by atoms with Crippen molar-refractivity contribution in [1.29, 1.82) is 0 Å². The largest absolute Gasteiger partial charge is 0.508 e. The molecule has 0 aliphatic rings. The molecule has 0 unspecified atom stereocenters. The number of para-hydroxylation sites is 1. The summed E-state index contributed by atoms with van der Waals surface area (Å²) in [6.07, 6.45) is 1.70. The molecule has 9 nitrogen and oxygen atoms in total. The number of phenolic OH excluding ortho intramolecular Hbond substituents is 1. The van der Waals surface area contributed by atoms with Crippen LogP contribution in [-0.2, 0) is 11.9 Å². The zero-order valence-electron chi connectivity index (χ0n) is 21.1. The lowest BCUT2D eigenvalue weighted by atomic mass is 10.0. The SMILES string of the molecule is CO/N=C(\Nc1ccc(O)cc1)c1nn(C)c2cc(/C=N/NC(=S)Nc3ccccc3C(C)C)ccc12. The fourth-order valence-electron chi connectivity index (χ4n) is 3.86. The maximum absolute atomic E-state index is 9.55. The Hall–Kier alpha value is -4.44. The van der Waals surface area contributed by atoms with Crippen LogP contribution >= 0.6 is 12.2 Å². The van der Waals surface area contributed by atoms with E-state index >= 15 is 0 Å². The summed E-state index contributed by atoms with van der Waals surface area (Å²) in [6.45, 7) is 4.28. The number of aromatic nitrogens is 2. The van der Waals surface area contributed by atoms with Gasteiger partial charge in [-0.05, 0) is 71.7 Å². The average Bonchev–Trinajstić information content (AvgIpc) is 3.21. The van der Waals surface area contributed by atoms with Crippen LogP contribution in [0, 0.1) is 0 Å². The highest BCUT2D eigenvalue weighted by molar-refractivity contribution is 7.80. The van der Waals surface area contributed by atoms with Crippen molar-refractivity contribution in [3.05, 3.63) is 83.6 Å². The molecule has 0 amide bonds. The van der Waals surface area contributed by atoms with Crippen LogP contribution in [0.3, 0.4) is 0 Å². The van der Waals surface area contributed by atoms with Crippen molar-refractivity contribution >= 4 is 51.7 Å². The molecule has 0 bridgehead atoms. The lowest BCUT2D eigenvalue weighted by Crippen LogP contribution is -2.24. The molecular weight excluding hydrogens is 486 g/mol. The van der Waals surface area contributed by atoms with Crippen LogP contribution in [0.4, 0.5) is 11.4 Å². The second-order valence-electron chi connectivity index (χ2n) is 8.61. The molecule has 0 aliphatic heterocycles. The monoisotopic (exact) mass is 515 g/mol. The molecule has 0 saturated heterocycles. The molecule has 0 aliphatic carbocycles. The summed E-state index contributed by atoms with van der Waals surface area (Å²) in [6, 6.07) is 20.6. The zero-order chi connectivity index (χ0) is 26.4. The molecule has 4 N–H and O–H groups in total. The number of hydrogen-bond donors (Lipinski definition) is 4. The van der Waals surface area contributed by atoms with E-state index in [1.165, 1.54) is 12.7 Å². The van der Waals surface area contributed by atoms with E-state index in [4.69, 9.17) is 17.1 Å². The summed E-state index contributed by atoms with van der Waals surface area (Å²) in [7, 11) is 3.34. The lowest BCUT2D eigenvalue weighted by molar-refractivity contribution is 0.213. The maximum Gasteiger partial charge on any atom is 0.198 e. The van der Waals surface area contributed by atoms with Gasteiger partial charge in [0, 0.05) is 23.8 Å². The first-order chi connectivity index (χ1) is 17.9. The smallest absolute Gasteiger partial charge is 0.198 e. The van der Waals surface area contributed by atoms with Gasteiger partial charge in [-0.2, -0.15) is 10.2 Å². The Morgan fingerprint density at radius 3 is 2.57 bits per heavy atom. The van der Waals surface area contributed by atoms with Crippen molar-refractivity contribution in [3.63, 3.8) is 0 Å². The number of fused-ring (bicyclic) bond motifs is 1. The van der Waals surface area contributed by atoms with E-state index in [1.807, 2.05) is 43.4 Å². The van der Waals surface area contributed by atoms with Gasteiger partial charge >= 0.3 is 0 Å². The molecule has 0 atom stereocenters. The Bertz CT molecular complexity index is 1460. The first-order valence-corrected chi connectivity index (χ1v) is 12.1. The number of phenols is 1. The number of oxime groups is 1. The first-order valence-electron chi connectivity index (χ1n) is 11.7. The van der Waals surface area contributed by atoms with Gasteiger partial charge < -0.3 is 20.6 Å². The van der Waals surface area contributed by atoms with E-state index in [9.17, 15) is 5.11 Å². The zero-order valence-corrected chi connectivity index (χ0v) is 21.9. The number of benzene rings is 3. The van der Waals surface area contributed by atoms with Crippen LogP contribution in [0.5, 0.6) is 5.75 Å². The Balaban J connectivity index is 1.50. The molecule has 4 rings (SSSR count). The minimum atomic E-state index is 0.180. The van der Waals surface area contributed by atoms with Gasteiger partial charge in [0.25, 0.3) is 0 Å². The van der Waals surface area contributed by atoms with E-state index in [0.717, 1.165) is 27.8 Å². The predicted molar refractivity (Wildman–Crippen MR) is 153 cm³/mol. The highest BCUT2D eigenvalue weighted by Gasteiger charge is 2.16. The van der Waals surface area contributed by atoms with Crippen molar-refractivity contribution in [1.82, 2.24) is 15.2 Å². The third-order valence-corrected chi connectivity index (χ3v) is 5.82. The topological polar surface area (TPSA) is 108 Å². The standard InChI is InChI=1S/C27H29N7O2S/c1-17(2)21-7-5-6-8-23(21)30-27(37)31-28-16-18-9-14-22-24(15-18)34(3)32-25(22)26(33-36-4)29-19-10-12-20(35)13-11-19/h5-17,35H,1-4H3,(H,29,33)(H2,30,31,37)/b28-16+. The molecule has 1 aromatic heterocycles. The van der Waals surface area contributed by atoms with Crippen LogP contribution in [0.25, 0.3) is 10.9 Å². The fourth-order valence-corrected chi connectivity index (χ4v) is 4.02. The maximum atomic E-state index is 9.55. The highest BCUT2D eigenvalue weighted by atomic mass is 32.1. The van der Waals surface area contributed by atoms with E-state index in [1.54, 1.807) is 35.2 Å². The highest BCUT2D eigenvalue weighted by Crippen LogP contribution is 2.24. The van der Waals surface area contributed by atoms with Crippen molar-refractivity contribution in [2.45, 2.75) is 19.8 Å². The van der Waals surface area contributed by atoms with Gasteiger partial charge in [0.2, 0.25) is 0 Å². The Morgan fingerprint density at radius 2 is 1.84 bits per heavy atom. The Morgan fingerprint density at radius 1 is 1.08 bits per heavy atom. The van der Waals surface area contributed by atoms with Gasteiger partial charge in [-0.1, -0.05) is 43.3 Å². The van der Waals surface area contributed by atoms with Crippen molar-refractivity contribution < 1.29 is 9.94 Å². The van der Waals surface area contributed by atoms with Crippen LogP contribution in [-0.4, -0.2) is 39.2 Å². The number of amidine groups is 1. The van der Waals surface area contributed by atoms with Crippen molar-refractivity contribution in [2.75, 3.05) is 17.7 Å². The van der Waals surface area contributed by atoms with Gasteiger partial charge in [-0.3, -0.25) is 10.1 Å². The molecule has 3 aromatic carbocycles. The normalized spacial score (nSPS) is 11.8. The van der Waals surface area contributed by atoms with Crippen LogP contribution < -0.4 is 16.1 Å². The molecule has 4 aromatic rings. The summed E-state index contributed by atoms with van der Waals surface area (Å²) in [5.41, 5.74) is 8.16. The molecule has 0 fully saturated rings. The number of hydrazone groups is 1. The number of aromatic hydroxyl groups is 1. The summed E-state index contributed by atoms with van der Waals surface area (Å²) >= 11 is 5.42. The summed E-state index contributed by atoms with van der Waals surface area (Å²) in [4.78, 5) is 5.05. The van der Waals surface area contributed by atoms with E-state index in [0.29, 0.717) is 22.6 Å². The van der Waals surface area contributed by atoms with Crippen molar-refractivity contribution in [3.8, 4) is 5.75 Å². The third kappa shape index (κ3) is 6.22. The van der Waals surface area contributed by atoms with Gasteiger partial charge in [-0.25, -0.2) is 0 Å². The van der Waals surface area contributed by atoms with Crippen molar-refractivity contribution in [2.24, 2.45) is 17.3 Å². The van der Waals surface area contributed by atoms with Gasteiger partial charge in [0.15, 0.2) is 10.9 Å². The number of nitrogens with one attached hydrogen (secondary N) is 3. The molecule has 0 radical (unpaired) electrons. The number of thiocarbonyl (C=S) groups is 1. The summed E-state index contributed by atoms with van der Waals surface area (Å²) in [5, 5.41) is 30.3. The number of anilines is 2. The molecule has 1 heterocycles. The summed E-state index contributed by atoms with van der Waals surface area (Å²) in [5.74, 6) is 0.996. The van der Waals surface area contributed by atoms with Crippen LogP contribution in [0.2, 0.25) is 0 Å². The van der Waals surface area contributed by atoms with Gasteiger partial charge in [0.1, 0.15) is 18.6 Å². The second-order valence-corrected chi connectivity index (χ2v) is 9.02. The molecule has 0 saturated carbocycles. The minimum absolute atomic E-state index is 0.180. The minimum Gasteiger partial charge on any atom is -0.508 e. The Labute approximate surface area is 220 Å². The number of nitrogens with zero attached hydrogens (tertiary/aromatic N) is 4. The van der Waals surface area contributed by atoms with E-state index in [2.05, 4.69) is 51.3 Å². The molecule has 0 spiro atoms. The molecule has 190 valence electrons. The number of rotatable bonds is 7.